The van der Waals surface area contributed by atoms with Crippen LogP contribution in [0.15, 0.2) is 0 Å². The van der Waals surface area contributed by atoms with Crippen molar-refractivity contribution in [3.05, 3.63) is 0 Å². The molecule has 1 aliphatic rings. The second kappa shape index (κ2) is 5.51. The summed E-state index contributed by atoms with van der Waals surface area (Å²) in [5, 5.41) is 36.9. The van der Waals surface area contributed by atoms with Gasteiger partial charge in [0.2, 0.25) is 0 Å². The molecule has 1 saturated heterocycles. The van der Waals surface area contributed by atoms with Gasteiger partial charge in [-0.2, -0.15) is 0 Å². The van der Waals surface area contributed by atoms with Crippen molar-refractivity contribution in [3.8, 4) is 0 Å². The molecule has 8 nitrogen and oxygen atoms in total. The number of hydrogen-bond acceptors (Lipinski definition) is 7. The zero-order valence-corrected chi connectivity index (χ0v) is 8.53. The van der Waals surface area contributed by atoms with Gasteiger partial charge < -0.3 is 20.4 Å². The quantitative estimate of drug-likeness (QED) is 0.230. The molecule has 88 valence electrons. The lowest BCUT2D eigenvalue weighted by Gasteiger charge is -2.34. The molecular weight excluding hydrogens is 224 g/mol. The van der Waals surface area contributed by atoms with Crippen molar-refractivity contribution in [2.75, 3.05) is 6.61 Å². The van der Waals surface area contributed by atoms with Crippen molar-refractivity contribution < 1.29 is 20.4 Å². The van der Waals surface area contributed by atoms with Crippen molar-refractivity contribution in [1.82, 2.24) is 21.7 Å². The van der Waals surface area contributed by atoms with E-state index >= 15 is 0 Å². The third-order valence-corrected chi connectivity index (χ3v) is 2.16. The van der Waals surface area contributed by atoms with Gasteiger partial charge in [-0.05, 0) is 12.2 Å². The minimum atomic E-state index is -1.48. The van der Waals surface area contributed by atoms with Crippen LogP contribution >= 0.6 is 12.2 Å². The molecule has 0 unspecified atom stereocenters. The molecule has 1 heterocycles. The third-order valence-electron chi connectivity index (χ3n) is 1.96. The first-order valence-electron chi connectivity index (χ1n) is 4.28. The largest absolute Gasteiger partial charge is 0.394 e. The number of nitrogens with one attached hydrogen (secondary N) is 4. The van der Waals surface area contributed by atoms with Gasteiger partial charge in [0, 0.05) is 0 Å². The maximum Gasteiger partial charge on any atom is 0.195 e. The van der Waals surface area contributed by atoms with Gasteiger partial charge in [-0.1, -0.05) is 0 Å². The standard InChI is InChI=1S/C6H14N4O4S/c11-1-2(12)3(13)4(14)5-7-9-6(15)10-8-5/h2-5,7-8,11-14H,1H2,(H2,9,10,15)/t2-,3-,4-/m0/s1. The van der Waals surface area contributed by atoms with Crippen molar-refractivity contribution in [1.29, 1.82) is 0 Å². The van der Waals surface area contributed by atoms with E-state index < -0.39 is 31.1 Å². The molecule has 0 aliphatic carbocycles. The lowest BCUT2D eigenvalue weighted by molar-refractivity contribution is -0.0934. The van der Waals surface area contributed by atoms with Crippen LogP contribution in [0.25, 0.3) is 0 Å². The Hall–Kier alpha value is -0.550. The molecule has 15 heavy (non-hydrogen) atoms. The summed E-state index contributed by atoms with van der Waals surface area (Å²) in [4.78, 5) is 0. The molecule has 0 bridgehead atoms. The van der Waals surface area contributed by atoms with E-state index in [1.807, 2.05) is 0 Å². The Labute approximate surface area is 91.2 Å². The summed E-state index contributed by atoms with van der Waals surface area (Å²) >= 11 is 4.70. The zero-order chi connectivity index (χ0) is 11.4. The highest BCUT2D eigenvalue weighted by Gasteiger charge is 2.32. The molecule has 8 N–H and O–H groups in total. The van der Waals surface area contributed by atoms with Gasteiger partial charge in [-0.3, -0.25) is 10.9 Å². The second-order valence-electron chi connectivity index (χ2n) is 3.08. The summed E-state index contributed by atoms with van der Waals surface area (Å²) < 4.78 is 0. The lowest BCUT2D eigenvalue weighted by Crippen LogP contribution is -2.71. The molecule has 0 aromatic rings. The monoisotopic (exact) mass is 238 g/mol. The van der Waals surface area contributed by atoms with Gasteiger partial charge in [0.15, 0.2) is 5.11 Å². The van der Waals surface area contributed by atoms with Gasteiger partial charge in [0.1, 0.15) is 24.5 Å². The average molecular weight is 238 g/mol. The molecule has 0 aromatic heterocycles. The van der Waals surface area contributed by atoms with Gasteiger partial charge in [-0.25, -0.2) is 10.9 Å². The van der Waals surface area contributed by atoms with Gasteiger partial charge >= 0.3 is 0 Å². The van der Waals surface area contributed by atoms with E-state index in [0.717, 1.165) is 0 Å². The average Bonchev–Trinajstić information content (AvgIpc) is 2.27. The normalized spacial score (nSPS) is 23.9. The number of aliphatic hydroxyl groups is 4. The molecule has 1 fully saturated rings. The fraction of sp³-hybridized carbons (Fsp3) is 0.833. The van der Waals surface area contributed by atoms with Crippen LogP contribution in [0.4, 0.5) is 0 Å². The van der Waals surface area contributed by atoms with Crippen LogP contribution in [0.3, 0.4) is 0 Å². The fourth-order valence-electron chi connectivity index (χ4n) is 1.06. The number of rotatable bonds is 4. The predicted molar refractivity (Wildman–Crippen MR) is 54.0 cm³/mol. The first-order valence-corrected chi connectivity index (χ1v) is 4.69. The lowest BCUT2D eigenvalue weighted by atomic mass is 10.1. The Morgan fingerprint density at radius 3 is 2.20 bits per heavy atom. The van der Waals surface area contributed by atoms with Crippen LogP contribution in [0.5, 0.6) is 0 Å². The Morgan fingerprint density at radius 2 is 1.73 bits per heavy atom. The summed E-state index contributed by atoms with van der Waals surface area (Å²) in [6, 6.07) is 0. The molecule has 3 atom stereocenters. The van der Waals surface area contributed by atoms with Crippen LogP contribution in [0, 0.1) is 0 Å². The molecule has 0 amide bonds. The van der Waals surface area contributed by atoms with Crippen LogP contribution < -0.4 is 21.7 Å². The summed E-state index contributed by atoms with van der Waals surface area (Å²) in [6.07, 6.45) is -4.96. The van der Waals surface area contributed by atoms with E-state index in [1.165, 1.54) is 0 Å². The van der Waals surface area contributed by atoms with Crippen LogP contribution in [0.2, 0.25) is 0 Å². The Balaban J connectivity index is 2.45. The highest BCUT2D eigenvalue weighted by Crippen LogP contribution is 2.03. The third kappa shape index (κ3) is 3.21. The number of hydrogen-bond donors (Lipinski definition) is 8. The van der Waals surface area contributed by atoms with Gasteiger partial charge in [-0.15, -0.1) is 0 Å². The molecule has 1 rings (SSSR count). The van der Waals surface area contributed by atoms with Gasteiger partial charge in [0.05, 0.1) is 6.61 Å². The number of hydrazine groups is 2. The summed E-state index contributed by atoms with van der Waals surface area (Å²) in [6.45, 7) is -0.635. The van der Waals surface area contributed by atoms with Crippen molar-refractivity contribution in [3.63, 3.8) is 0 Å². The van der Waals surface area contributed by atoms with E-state index in [9.17, 15) is 10.2 Å². The zero-order valence-electron chi connectivity index (χ0n) is 7.71. The highest BCUT2D eigenvalue weighted by atomic mass is 32.1. The number of aliphatic hydroxyl groups excluding tert-OH is 4. The SMILES string of the molecule is OC[C@H](O)[C@H](O)[C@H](O)C1NNC(=S)NN1. The van der Waals surface area contributed by atoms with E-state index in [-0.39, 0.29) is 5.11 Å². The van der Waals surface area contributed by atoms with Crippen LogP contribution in [-0.4, -0.2) is 56.6 Å². The number of thiocarbonyl (C=S) groups is 1. The van der Waals surface area contributed by atoms with E-state index in [0.29, 0.717) is 0 Å². The smallest absolute Gasteiger partial charge is 0.195 e. The molecule has 0 spiro atoms. The van der Waals surface area contributed by atoms with Crippen molar-refractivity contribution in [2.24, 2.45) is 0 Å². The summed E-state index contributed by atoms with van der Waals surface area (Å²) in [5.74, 6) is 0. The first kappa shape index (κ1) is 12.5. The first-order chi connectivity index (χ1) is 7.06. The fourth-order valence-corrected chi connectivity index (χ4v) is 1.18. The minimum Gasteiger partial charge on any atom is -0.394 e. The second-order valence-corrected chi connectivity index (χ2v) is 3.48. The predicted octanol–water partition coefficient (Wildman–Crippen LogP) is -4.13. The molecular formula is C6H14N4O4S. The van der Waals surface area contributed by atoms with E-state index in [2.05, 4.69) is 21.7 Å². The van der Waals surface area contributed by atoms with E-state index in [4.69, 9.17) is 22.4 Å². The summed E-state index contributed by atoms with van der Waals surface area (Å²) in [5.41, 5.74) is 10.2. The maximum absolute atomic E-state index is 9.56. The maximum atomic E-state index is 9.56. The van der Waals surface area contributed by atoms with E-state index in [1.54, 1.807) is 0 Å². The molecule has 0 radical (unpaired) electrons. The molecule has 9 heteroatoms. The Kier molecular flexibility index (Phi) is 4.60. The topological polar surface area (TPSA) is 129 Å². The van der Waals surface area contributed by atoms with Crippen LogP contribution in [0.1, 0.15) is 0 Å². The highest BCUT2D eigenvalue weighted by molar-refractivity contribution is 7.80. The molecule has 1 aliphatic heterocycles. The van der Waals surface area contributed by atoms with Crippen molar-refractivity contribution in [2.45, 2.75) is 24.5 Å². The summed E-state index contributed by atoms with van der Waals surface area (Å²) in [7, 11) is 0. The molecule has 0 aromatic carbocycles. The van der Waals surface area contributed by atoms with Crippen LogP contribution in [-0.2, 0) is 0 Å². The Morgan fingerprint density at radius 1 is 1.20 bits per heavy atom. The molecule has 0 saturated carbocycles. The minimum absolute atomic E-state index is 0.288. The van der Waals surface area contributed by atoms with Crippen molar-refractivity contribution >= 4 is 17.3 Å². The Bertz CT molecular complexity index is 221. The van der Waals surface area contributed by atoms with Gasteiger partial charge in [0.25, 0.3) is 0 Å².